The number of aromatic nitrogens is 1. The number of halogens is 1. The van der Waals surface area contributed by atoms with Gasteiger partial charge in [-0.3, -0.25) is 9.69 Å². The maximum absolute atomic E-state index is 12.6. The number of rotatable bonds is 5. The van der Waals surface area contributed by atoms with Gasteiger partial charge >= 0.3 is 0 Å². The zero-order valence-electron chi connectivity index (χ0n) is 16.1. The van der Waals surface area contributed by atoms with Gasteiger partial charge in [0.2, 0.25) is 5.91 Å². The minimum atomic E-state index is 0. The summed E-state index contributed by atoms with van der Waals surface area (Å²) in [4.78, 5) is 20.8. The monoisotopic (exact) mass is 420 g/mol. The van der Waals surface area contributed by atoms with E-state index in [1.165, 1.54) is 10.4 Å². The van der Waals surface area contributed by atoms with E-state index in [-0.39, 0.29) is 24.2 Å². The molecule has 2 aromatic rings. The highest BCUT2D eigenvalue weighted by atomic mass is 35.5. The van der Waals surface area contributed by atoms with Crippen molar-refractivity contribution in [1.29, 1.82) is 0 Å². The van der Waals surface area contributed by atoms with Crippen molar-refractivity contribution in [3.8, 4) is 0 Å². The van der Waals surface area contributed by atoms with Gasteiger partial charge in [0.05, 0.1) is 0 Å². The van der Waals surface area contributed by atoms with Crippen LogP contribution in [-0.2, 0) is 11.3 Å². The molecule has 0 bridgehead atoms. The Balaban J connectivity index is 0.00000225. The molecule has 2 saturated heterocycles. The molecule has 5 nitrogen and oxygen atoms in total. The SMILES string of the molecule is Cl.O=C(Nc1ncc(C2CCNCC2)s1)C1CCN(Cc2ccccc2)CC1. The third-order valence-corrected chi connectivity index (χ3v) is 6.78. The van der Waals surface area contributed by atoms with E-state index in [0.717, 1.165) is 63.5 Å². The van der Waals surface area contributed by atoms with Crippen LogP contribution in [-0.4, -0.2) is 42.0 Å². The number of anilines is 1. The standard InChI is InChI=1S/C21H28N4OS.ClH/c26-20(24-21-23-14-19(27-21)17-6-10-22-11-7-17)18-8-12-25(13-9-18)15-16-4-2-1-3-5-16;/h1-5,14,17-18,22H,6-13,15H2,(H,23,24,26);1H. The second-order valence-electron chi connectivity index (χ2n) is 7.62. The highest BCUT2D eigenvalue weighted by molar-refractivity contribution is 7.15. The molecule has 2 fully saturated rings. The Morgan fingerprint density at radius 1 is 1.14 bits per heavy atom. The van der Waals surface area contributed by atoms with E-state index >= 15 is 0 Å². The normalized spacial score (nSPS) is 19.1. The van der Waals surface area contributed by atoms with Gasteiger partial charge in [0.15, 0.2) is 5.13 Å². The molecule has 1 aromatic carbocycles. The third kappa shape index (κ3) is 5.54. The van der Waals surface area contributed by atoms with Crippen LogP contribution in [0.3, 0.4) is 0 Å². The maximum Gasteiger partial charge on any atom is 0.229 e. The number of benzene rings is 1. The molecule has 7 heteroatoms. The summed E-state index contributed by atoms with van der Waals surface area (Å²) in [5.74, 6) is 0.833. The minimum Gasteiger partial charge on any atom is -0.317 e. The Bertz CT molecular complexity index is 740. The van der Waals surface area contributed by atoms with Gasteiger partial charge in [-0.1, -0.05) is 30.3 Å². The van der Waals surface area contributed by atoms with E-state index in [2.05, 4.69) is 50.8 Å². The van der Waals surface area contributed by atoms with Crippen molar-refractivity contribution in [2.24, 2.45) is 5.92 Å². The van der Waals surface area contributed by atoms with Gasteiger partial charge in [-0.25, -0.2) is 4.98 Å². The Labute approximate surface area is 177 Å². The number of hydrogen-bond donors (Lipinski definition) is 2. The van der Waals surface area contributed by atoms with E-state index in [1.807, 2.05) is 6.20 Å². The number of likely N-dealkylation sites (tertiary alicyclic amines) is 1. The number of nitrogens with zero attached hydrogens (tertiary/aromatic N) is 2. The molecule has 1 aromatic heterocycles. The minimum absolute atomic E-state index is 0. The number of amides is 1. The number of nitrogens with one attached hydrogen (secondary N) is 2. The molecule has 0 aliphatic carbocycles. The van der Waals surface area contributed by atoms with Crippen LogP contribution >= 0.6 is 23.7 Å². The average Bonchev–Trinajstić information content (AvgIpc) is 3.18. The number of hydrogen-bond acceptors (Lipinski definition) is 5. The van der Waals surface area contributed by atoms with Gasteiger partial charge in [-0.05, 0) is 63.3 Å². The van der Waals surface area contributed by atoms with Crippen LogP contribution in [0.2, 0.25) is 0 Å². The lowest BCUT2D eigenvalue weighted by Crippen LogP contribution is -2.37. The molecule has 152 valence electrons. The summed E-state index contributed by atoms with van der Waals surface area (Å²) in [5, 5.41) is 7.23. The fourth-order valence-electron chi connectivity index (χ4n) is 4.04. The second kappa shape index (κ2) is 10.3. The molecule has 0 unspecified atom stereocenters. The lowest BCUT2D eigenvalue weighted by atomic mass is 9.95. The molecule has 28 heavy (non-hydrogen) atoms. The van der Waals surface area contributed by atoms with Gasteiger partial charge in [-0.2, -0.15) is 0 Å². The molecule has 2 N–H and O–H groups in total. The van der Waals surface area contributed by atoms with Crippen molar-refractivity contribution >= 4 is 34.8 Å². The number of piperidine rings is 2. The van der Waals surface area contributed by atoms with Crippen LogP contribution in [0.15, 0.2) is 36.5 Å². The van der Waals surface area contributed by atoms with E-state index < -0.39 is 0 Å². The molecular formula is C21H29ClN4OS. The Morgan fingerprint density at radius 3 is 2.57 bits per heavy atom. The summed E-state index contributed by atoms with van der Waals surface area (Å²) in [5.41, 5.74) is 1.34. The number of carbonyl (C=O) groups is 1. The fraction of sp³-hybridized carbons (Fsp3) is 0.524. The molecule has 1 amide bonds. The van der Waals surface area contributed by atoms with Crippen LogP contribution in [0.1, 0.15) is 42.0 Å². The summed E-state index contributed by atoms with van der Waals surface area (Å²) < 4.78 is 0. The van der Waals surface area contributed by atoms with Crippen LogP contribution in [0.25, 0.3) is 0 Å². The van der Waals surface area contributed by atoms with Crippen molar-refractivity contribution in [3.63, 3.8) is 0 Å². The Hall–Kier alpha value is -1.47. The van der Waals surface area contributed by atoms with Gasteiger partial charge in [0, 0.05) is 23.5 Å². The first-order valence-electron chi connectivity index (χ1n) is 10.0. The zero-order valence-corrected chi connectivity index (χ0v) is 17.7. The summed E-state index contributed by atoms with van der Waals surface area (Å²) in [6, 6.07) is 10.6. The molecular weight excluding hydrogens is 392 g/mol. The smallest absolute Gasteiger partial charge is 0.229 e. The molecule has 2 aliphatic rings. The topological polar surface area (TPSA) is 57.3 Å². The maximum atomic E-state index is 12.6. The highest BCUT2D eigenvalue weighted by Gasteiger charge is 2.26. The van der Waals surface area contributed by atoms with Crippen molar-refractivity contribution in [2.75, 3.05) is 31.5 Å². The van der Waals surface area contributed by atoms with Crippen molar-refractivity contribution in [2.45, 2.75) is 38.1 Å². The summed E-state index contributed by atoms with van der Waals surface area (Å²) >= 11 is 1.65. The molecule has 3 heterocycles. The predicted molar refractivity (Wildman–Crippen MR) is 117 cm³/mol. The summed E-state index contributed by atoms with van der Waals surface area (Å²) in [6.45, 7) is 5.08. The highest BCUT2D eigenvalue weighted by Crippen LogP contribution is 2.32. The summed E-state index contributed by atoms with van der Waals surface area (Å²) in [7, 11) is 0. The second-order valence-corrected chi connectivity index (χ2v) is 8.68. The van der Waals surface area contributed by atoms with Crippen molar-refractivity contribution in [1.82, 2.24) is 15.2 Å². The van der Waals surface area contributed by atoms with E-state index in [1.54, 1.807) is 11.3 Å². The predicted octanol–water partition coefficient (Wildman–Crippen LogP) is 3.88. The van der Waals surface area contributed by atoms with Crippen LogP contribution in [0.4, 0.5) is 5.13 Å². The molecule has 0 spiro atoms. The zero-order chi connectivity index (χ0) is 18.5. The van der Waals surface area contributed by atoms with Gasteiger partial charge in [0.1, 0.15) is 0 Å². The van der Waals surface area contributed by atoms with E-state index in [0.29, 0.717) is 5.92 Å². The first kappa shape index (κ1) is 21.2. The quantitative estimate of drug-likeness (QED) is 0.770. The van der Waals surface area contributed by atoms with Crippen LogP contribution in [0.5, 0.6) is 0 Å². The van der Waals surface area contributed by atoms with Crippen LogP contribution in [0, 0.1) is 5.92 Å². The van der Waals surface area contributed by atoms with Gasteiger partial charge in [0.25, 0.3) is 0 Å². The van der Waals surface area contributed by atoms with Gasteiger partial charge in [-0.15, -0.1) is 23.7 Å². The van der Waals surface area contributed by atoms with Gasteiger partial charge < -0.3 is 10.6 Å². The third-order valence-electron chi connectivity index (χ3n) is 5.70. The lowest BCUT2D eigenvalue weighted by Gasteiger charge is -2.31. The first-order valence-corrected chi connectivity index (χ1v) is 10.8. The van der Waals surface area contributed by atoms with Crippen molar-refractivity contribution < 1.29 is 4.79 Å². The lowest BCUT2D eigenvalue weighted by molar-refractivity contribution is -0.121. The Kier molecular flexibility index (Phi) is 7.85. The van der Waals surface area contributed by atoms with E-state index in [9.17, 15) is 4.79 Å². The van der Waals surface area contributed by atoms with Crippen LogP contribution < -0.4 is 10.6 Å². The van der Waals surface area contributed by atoms with E-state index in [4.69, 9.17) is 0 Å². The molecule has 0 radical (unpaired) electrons. The molecule has 0 atom stereocenters. The number of thiazole rings is 1. The summed E-state index contributed by atoms with van der Waals surface area (Å²) in [6.07, 6.45) is 6.13. The van der Waals surface area contributed by atoms with Crippen molar-refractivity contribution in [3.05, 3.63) is 47.0 Å². The number of carbonyl (C=O) groups excluding carboxylic acids is 1. The largest absolute Gasteiger partial charge is 0.317 e. The molecule has 0 saturated carbocycles. The average molecular weight is 421 g/mol. The molecule has 4 rings (SSSR count). The Morgan fingerprint density at radius 2 is 1.86 bits per heavy atom. The fourth-order valence-corrected chi connectivity index (χ4v) is 5.03. The molecule has 2 aliphatic heterocycles. The first-order chi connectivity index (χ1) is 13.3.